The molecule has 3 heteroatoms. The van der Waals surface area contributed by atoms with Gasteiger partial charge in [0.25, 0.3) is 0 Å². The number of esters is 1. The molecule has 0 heterocycles. The monoisotopic (exact) mass is 298 g/mol. The van der Waals surface area contributed by atoms with E-state index in [0.29, 0.717) is 0 Å². The zero-order valence-corrected chi connectivity index (χ0v) is 13.0. The molecule has 1 atom stereocenters. The maximum atomic E-state index is 13.8. The van der Waals surface area contributed by atoms with Crippen LogP contribution >= 0.6 is 0 Å². The molecule has 0 bridgehead atoms. The Kier molecular flexibility index (Phi) is 3.51. The lowest BCUT2D eigenvalue weighted by atomic mass is 9.97. The van der Waals surface area contributed by atoms with Crippen molar-refractivity contribution in [3.8, 4) is 0 Å². The van der Waals surface area contributed by atoms with E-state index in [9.17, 15) is 9.18 Å². The average Bonchev–Trinajstić information content (AvgIpc) is 2.61. The van der Waals surface area contributed by atoms with Crippen molar-refractivity contribution in [2.24, 2.45) is 5.41 Å². The van der Waals surface area contributed by atoms with Gasteiger partial charge in [0.2, 0.25) is 0 Å². The third kappa shape index (κ3) is 2.52. The van der Waals surface area contributed by atoms with Crippen molar-refractivity contribution < 1.29 is 13.9 Å². The summed E-state index contributed by atoms with van der Waals surface area (Å²) in [5.41, 5.74) is 2.94. The largest absolute Gasteiger partial charge is 0.452 e. The van der Waals surface area contributed by atoms with Crippen LogP contribution in [0, 0.1) is 5.41 Å². The van der Waals surface area contributed by atoms with Crippen molar-refractivity contribution >= 4 is 11.5 Å². The molecule has 114 valence electrons. The summed E-state index contributed by atoms with van der Waals surface area (Å²) in [7, 11) is 0. The van der Waals surface area contributed by atoms with Crippen LogP contribution in [-0.4, -0.2) is 5.97 Å². The summed E-state index contributed by atoms with van der Waals surface area (Å²) >= 11 is 0. The molecule has 2 nitrogen and oxygen atoms in total. The first-order chi connectivity index (χ1) is 10.4. The van der Waals surface area contributed by atoms with Gasteiger partial charge in [0.05, 0.1) is 5.41 Å². The number of allylic oxidation sites excluding steroid dienone is 4. The second kappa shape index (κ2) is 5.24. The van der Waals surface area contributed by atoms with Crippen LogP contribution in [-0.2, 0) is 9.53 Å². The molecule has 0 spiro atoms. The quantitative estimate of drug-likeness (QED) is 0.689. The van der Waals surface area contributed by atoms with Crippen LogP contribution in [0.25, 0.3) is 5.57 Å². The third-order valence-corrected chi connectivity index (χ3v) is 3.88. The summed E-state index contributed by atoms with van der Waals surface area (Å²) < 4.78 is 19.6. The van der Waals surface area contributed by atoms with E-state index in [0.717, 1.165) is 22.3 Å². The van der Waals surface area contributed by atoms with Crippen LogP contribution < -0.4 is 0 Å². The summed E-state index contributed by atoms with van der Waals surface area (Å²) in [5.74, 6) is -0.443. The normalized spacial score (nSPS) is 20.2. The van der Waals surface area contributed by atoms with Crippen molar-refractivity contribution in [3.63, 3.8) is 0 Å². The maximum absolute atomic E-state index is 13.8. The Morgan fingerprint density at radius 2 is 2.00 bits per heavy atom. The molecule has 1 aromatic carbocycles. The van der Waals surface area contributed by atoms with E-state index >= 15 is 0 Å². The van der Waals surface area contributed by atoms with Crippen LogP contribution in [0.5, 0.6) is 0 Å². The summed E-state index contributed by atoms with van der Waals surface area (Å²) in [6.07, 6.45) is 5.02. The second-order valence-electron chi connectivity index (χ2n) is 6.69. The van der Waals surface area contributed by atoms with Crippen LogP contribution in [0.3, 0.4) is 0 Å². The second-order valence-corrected chi connectivity index (χ2v) is 6.69. The Morgan fingerprint density at radius 3 is 2.73 bits per heavy atom. The molecule has 0 radical (unpaired) electrons. The first-order valence-electron chi connectivity index (χ1n) is 7.45. The first-order valence-corrected chi connectivity index (χ1v) is 7.45. The predicted octanol–water partition coefficient (Wildman–Crippen LogP) is 4.90. The fraction of sp³-hybridized carbons (Fsp3) is 0.316. The van der Waals surface area contributed by atoms with Gasteiger partial charge >= 0.3 is 5.97 Å². The molecular formula is C19H19FO2. The van der Waals surface area contributed by atoms with Gasteiger partial charge in [0.1, 0.15) is 5.83 Å². The topological polar surface area (TPSA) is 26.3 Å². The van der Waals surface area contributed by atoms with Gasteiger partial charge in [-0.05, 0) is 38.0 Å². The van der Waals surface area contributed by atoms with E-state index in [1.807, 2.05) is 51.1 Å². The Balaban J connectivity index is 2.08. The minimum Gasteiger partial charge on any atom is -0.452 e. The SMILES string of the molecule is CC(C)(C)C(=O)OC1C2=C(C=C(F)CC=C2)c2ccccc21. The van der Waals surface area contributed by atoms with Gasteiger partial charge in [0, 0.05) is 17.6 Å². The first kappa shape index (κ1) is 14.8. The van der Waals surface area contributed by atoms with E-state index in [4.69, 9.17) is 4.74 Å². The Morgan fingerprint density at radius 1 is 1.27 bits per heavy atom. The molecule has 1 aromatic rings. The fourth-order valence-electron chi connectivity index (χ4n) is 2.70. The molecule has 0 saturated heterocycles. The Bertz CT molecular complexity index is 717. The summed E-state index contributed by atoms with van der Waals surface area (Å²) in [5, 5.41) is 0. The van der Waals surface area contributed by atoms with Gasteiger partial charge in [-0.15, -0.1) is 0 Å². The summed E-state index contributed by atoms with van der Waals surface area (Å²) in [4.78, 5) is 12.3. The smallest absolute Gasteiger partial charge is 0.312 e. The molecule has 0 N–H and O–H groups in total. The molecular weight excluding hydrogens is 279 g/mol. The van der Waals surface area contributed by atoms with E-state index in [1.54, 1.807) is 12.2 Å². The van der Waals surface area contributed by atoms with Gasteiger partial charge < -0.3 is 4.74 Å². The van der Waals surface area contributed by atoms with Crippen molar-refractivity contribution in [1.29, 1.82) is 0 Å². The van der Waals surface area contributed by atoms with Crippen LogP contribution in [0.2, 0.25) is 0 Å². The molecule has 0 amide bonds. The predicted molar refractivity (Wildman–Crippen MR) is 84.6 cm³/mol. The van der Waals surface area contributed by atoms with Crippen LogP contribution in [0.15, 0.2) is 53.9 Å². The van der Waals surface area contributed by atoms with Crippen LogP contribution in [0.4, 0.5) is 4.39 Å². The Labute approximate surface area is 130 Å². The zero-order chi connectivity index (χ0) is 15.9. The molecule has 3 rings (SSSR count). The molecule has 1 unspecified atom stereocenters. The van der Waals surface area contributed by atoms with Gasteiger partial charge in [-0.3, -0.25) is 4.79 Å². The van der Waals surface area contributed by atoms with Gasteiger partial charge in [-0.2, -0.15) is 0 Å². The van der Waals surface area contributed by atoms with Gasteiger partial charge in [-0.1, -0.05) is 36.4 Å². The standard InChI is InChI=1S/C19H19FO2/c1-19(2,3)18(21)22-17-14-9-5-4-8-13(14)16-11-12(20)7-6-10-15(16)17/h4-6,8-11,17H,7H2,1-3H3. The van der Waals surface area contributed by atoms with Crippen molar-refractivity contribution in [3.05, 3.63) is 65.0 Å². The van der Waals surface area contributed by atoms with Crippen molar-refractivity contribution in [1.82, 2.24) is 0 Å². The van der Waals surface area contributed by atoms with Crippen molar-refractivity contribution in [2.75, 3.05) is 0 Å². The van der Waals surface area contributed by atoms with E-state index in [2.05, 4.69) is 0 Å². The maximum Gasteiger partial charge on any atom is 0.312 e. The van der Waals surface area contributed by atoms with E-state index in [1.165, 1.54) is 0 Å². The summed E-state index contributed by atoms with van der Waals surface area (Å²) in [6.45, 7) is 5.48. The number of halogens is 1. The lowest BCUT2D eigenvalue weighted by Gasteiger charge is -2.22. The number of ether oxygens (including phenoxy) is 1. The van der Waals surface area contributed by atoms with E-state index < -0.39 is 11.5 Å². The number of fused-ring (bicyclic) bond motifs is 2. The van der Waals surface area contributed by atoms with Gasteiger partial charge in [-0.25, -0.2) is 4.39 Å². The minimum absolute atomic E-state index is 0.182. The molecule has 22 heavy (non-hydrogen) atoms. The lowest BCUT2D eigenvalue weighted by Crippen LogP contribution is -2.25. The fourth-order valence-corrected chi connectivity index (χ4v) is 2.70. The highest BCUT2D eigenvalue weighted by molar-refractivity contribution is 5.87. The molecule has 0 aliphatic heterocycles. The van der Waals surface area contributed by atoms with Gasteiger partial charge in [0.15, 0.2) is 6.10 Å². The highest BCUT2D eigenvalue weighted by atomic mass is 19.1. The minimum atomic E-state index is -0.576. The zero-order valence-electron chi connectivity index (χ0n) is 13.0. The highest BCUT2D eigenvalue weighted by Crippen LogP contribution is 2.46. The molecule has 2 aliphatic rings. The number of carbonyl (C=O) groups excluding carboxylic acids is 1. The van der Waals surface area contributed by atoms with Crippen LogP contribution in [0.1, 0.15) is 44.4 Å². The molecule has 0 saturated carbocycles. The molecule has 2 aliphatic carbocycles. The summed E-state index contributed by atoms with van der Waals surface area (Å²) in [6, 6.07) is 7.70. The van der Waals surface area contributed by atoms with E-state index in [-0.39, 0.29) is 18.2 Å². The Hall–Kier alpha value is -2.16. The molecule has 0 aromatic heterocycles. The number of rotatable bonds is 1. The van der Waals surface area contributed by atoms with Crippen molar-refractivity contribution in [2.45, 2.75) is 33.3 Å². The molecule has 0 fully saturated rings. The lowest BCUT2D eigenvalue weighted by molar-refractivity contribution is -0.156. The number of carbonyl (C=O) groups is 1. The third-order valence-electron chi connectivity index (χ3n) is 3.88. The number of benzene rings is 1. The average molecular weight is 298 g/mol. The number of hydrogen-bond donors (Lipinski definition) is 0. The highest BCUT2D eigenvalue weighted by Gasteiger charge is 2.35. The number of hydrogen-bond acceptors (Lipinski definition) is 2.